The van der Waals surface area contributed by atoms with E-state index in [2.05, 4.69) is 33.9 Å². The Labute approximate surface area is 205 Å². The minimum absolute atomic E-state index is 0.344. The summed E-state index contributed by atoms with van der Waals surface area (Å²) in [4.78, 5) is 0. The van der Waals surface area contributed by atoms with Crippen LogP contribution in [-0.4, -0.2) is 21.3 Å². The van der Waals surface area contributed by atoms with Gasteiger partial charge in [0.05, 0.1) is 0 Å². The van der Waals surface area contributed by atoms with Crippen molar-refractivity contribution in [1.82, 2.24) is 0 Å². The Hall–Kier alpha value is 0.137. The zero-order valence-electron chi connectivity index (χ0n) is 23.2. The number of hydrogen-bond donors (Lipinski definition) is 0. The molecule has 0 aliphatic carbocycles. The fourth-order valence-electron chi connectivity index (χ4n) is 4.66. The highest BCUT2D eigenvalue weighted by Crippen LogP contribution is 2.16. The topological polar surface area (TPSA) is 18.5 Å². The molecule has 1 atom stereocenters. The van der Waals surface area contributed by atoms with Gasteiger partial charge in [0, 0.05) is 12.7 Å². The Balaban J connectivity index is 3.21. The fraction of sp³-hybridized carbons (Fsp3) is 1.00. The molecule has 0 fully saturated rings. The van der Waals surface area contributed by atoms with Crippen LogP contribution in [0.15, 0.2) is 0 Å². The van der Waals surface area contributed by atoms with Crippen LogP contribution in [0.2, 0.25) is 13.1 Å². The van der Waals surface area contributed by atoms with Crippen LogP contribution in [0.5, 0.6) is 0 Å². The van der Waals surface area contributed by atoms with E-state index in [9.17, 15) is 0 Å². The van der Waals surface area contributed by atoms with Crippen molar-refractivity contribution in [3.05, 3.63) is 0 Å². The first kappa shape index (κ1) is 32.1. The van der Waals surface area contributed by atoms with E-state index in [0.29, 0.717) is 6.10 Å². The van der Waals surface area contributed by atoms with Gasteiger partial charge in [0.15, 0.2) is 0 Å². The lowest BCUT2D eigenvalue weighted by Crippen LogP contribution is -2.38. The molecular weight excluding hydrogens is 408 g/mol. The van der Waals surface area contributed by atoms with Gasteiger partial charge in [0.25, 0.3) is 0 Å². The van der Waals surface area contributed by atoms with Crippen LogP contribution in [0.3, 0.4) is 0 Å². The van der Waals surface area contributed by atoms with E-state index in [1.54, 1.807) is 0 Å². The highest BCUT2D eigenvalue weighted by Gasteiger charge is 2.26. The summed E-state index contributed by atoms with van der Waals surface area (Å²) in [6.07, 6.45) is 31.2. The van der Waals surface area contributed by atoms with Crippen LogP contribution in [0.1, 0.15) is 162 Å². The molecule has 0 rings (SSSR count). The highest BCUT2D eigenvalue weighted by molar-refractivity contribution is 6.64. The Bertz CT molecular complexity index is 359. The van der Waals surface area contributed by atoms with Gasteiger partial charge in [-0.05, 0) is 32.9 Å². The molecular formula is C29H62O2Si. The predicted octanol–water partition coefficient (Wildman–Crippen LogP) is 10.7. The molecule has 0 radical (unpaired) electrons. The molecule has 2 nitrogen and oxygen atoms in total. The third kappa shape index (κ3) is 24.8. The summed E-state index contributed by atoms with van der Waals surface area (Å²) >= 11 is 0. The summed E-state index contributed by atoms with van der Waals surface area (Å²) in [5.41, 5.74) is 0. The normalized spacial score (nSPS) is 13.0. The molecule has 0 heterocycles. The average molecular weight is 471 g/mol. The van der Waals surface area contributed by atoms with Gasteiger partial charge in [0.2, 0.25) is 0 Å². The van der Waals surface area contributed by atoms with Gasteiger partial charge in [-0.2, -0.15) is 0 Å². The Kier molecular flexibility index (Phi) is 24.4. The number of rotatable bonds is 26. The van der Waals surface area contributed by atoms with Crippen molar-refractivity contribution in [2.45, 2.75) is 181 Å². The maximum absolute atomic E-state index is 6.14. The van der Waals surface area contributed by atoms with Gasteiger partial charge < -0.3 is 8.85 Å². The maximum atomic E-state index is 6.14. The smallest absolute Gasteiger partial charge is 0.331 e. The SMILES string of the molecule is CCCCCCCCCCCCCCCCCCCCCCO[Si](C)(C)OC(C)CCC. The van der Waals surface area contributed by atoms with Gasteiger partial charge in [0.1, 0.15) is 0 Å². The van der Waals surface area contributed by atoms with Gasteiger partial charge >= 0.3 is 8.56 Å². The van der Waals surface area contributed by atoms with Crippen LogP contribution in [-0.2, 0) is 8.85 Å². The molecule has 194 valence electrons. The summed E-state index contributed by atoms with van der Waals surface area (Å²) in [7, 11) is -1.92. The van der Waals surface area contributed by atoms with Crippen molar-refractivity contribution in [1.29, 1.82) is 0 Å². The Morgan fingerprint density at radius 1 is 0.500 bits per heavy atom. The Morgan fingerprint density at radius 3 is 1.19 bits per heavy atom. The first-order valence-corrected chi connectivity index (χ1v) is 17.6. The molecule has 0 aliphatic rings. The van der Waals surface area contributed by atoms with Crippen molar-refractivity contribution in [3.8, 4) is 0 Å². The van der Waals surface area contributed by atoms with Crippen LogP contribution in [0, 0.1) is 0 Å². The van der Waals surface area contributed by atoms with E-state index in [4.69, 9.17) is 8.85 Å². The fourth-order valence-corrected chi connectivity index (χ4v) is 6.45. The second-order valence-corrected chi connectivity index (χ2v) is 14.0. The first-order chi connectivity index (χ1) is 15.5. The summed E-state index contributed by atoms with van der Waals surface area (Å²) in [6.45, 7) is 12.0. The molecule has 0 saturated carbocycles. The monoisotopic (exact) mass is 470 g/mol. The molecule has 0 spiro atoms. The molecule has 3 heteroatoms. The van der Waals surface area contributed by atoms with Gasteiger partial charge in [-0.15, -0.1) is 0 Å². The molecule has 0 saturated heterocycles. The Morgan fingerprint density at radius 2 is 0.844 bits per heavy atom. The standard InChI is InChI=1S/C29H62O2Si/c1-6-8-9-10-11-12-13-14-15-16-17-18-19-20-21-22-23-24-25-26-28-30-32(4,5)31-29(3)27-7-2/h29H,6-28H2,1-5H3. The van der Waals surface area contributed by atoms with Crippen LogP contribution in [0.25, 0.3) is 0 Å². The predicted molar refractivity (Wildman–Crippen MR) is 147 cm³/mol. The molecule has 0 aromatic heterocycles. The largest absolute Gasteiger partial charge is 0.395 e. The van der Waals surface area contributed by atoms with Crippen LogP contribution >= 0.6 is 0 Å². The van der Waals surface area contributed by atoms with Crippen LogP contribution < -0.4 is 0 Å². The van der Waals surface area contributed by atoms with E-state index in [0.717, 1.165) is 13.0 Å². The van der Waals surface area contributed by atoms with Crippen molar-refractivity contribution in [3.63, 3.8) is 0 Å². The van der Waals surface area contributed by atoms with E-state index in [-0.39, 0.29) is 0 Å². The van der Waals surface area contributed by atoms with Gasteiger partial charge in [-0.1, -0.05) is 142 Å². The second-order valence-electron chi connectivity index (χ2n) is 10.7. The molecule has 1 unspecified atom stereocenters. The number of unbranched alkanes of at least 4 members (excludes halogenated alkanes) is 19. The molecule has 0 aliphatic heterocycles. The third-order valence-corrected chi connectivity index (χ3v) is 8.50. The minimum Gasteiger partial charge on any atom is -0.395 e. The minimum atomic E-state index is -1.92. The average Bonchev–Trinajstić information content (AvgIpc) is 2.74. The van der Waals surface area contributed by atoms with Gasteiger partial charge in [-0.25, -0.2) is 0 Å². The molecule has 0 aromatic carbocycles. The highest BCUT2D eigenvalue weighted by atomic mass is 28.4. The zero-order valence-corrected chi connectivity index (χ0v) is 24.2. The van der Waals surface area contributed by atoms with Gasteiger partial charge in [-0.3, -0.25) is 0 Å². The molecule has 0 bridgehead atoms. The molecule has 32 heavy (non-hydrogen) atoms. The first-order valence-electron chi connectivity index (χ1n) is 14.8. The van der Waals surface area contributed by atoms with Crippen molar-refractivity contribution in [2.75, 3.05) is 6.61 Å². The van der Waals surface area contributed by atoms with Crippen molar-refractivity contribution < 1.29 is 8.85 Å². The molecule has 0 N–H and O–H groups in total. The lowest BCUT2D eigenvalue weighted by Gasteiger charge is -2.26. The van der Waals surface area contributed by atoms with Crippen molar-refractivity contribution >= 4 is 8.56 Å². The van der Waals surface area contributed by atoms with Crippen molar-refractivity contribution in [2.24, 2.45) is 0 Å². The second kappa shape index (κ2) is 24.3. The van der Waals surface area contributed by atoms with Crippen LogP contribution in [0.4, 0.5) is 0 Å². The van der Waals surface area contributed by atoms with E-state index in [1.165, 1.54) is 135 Å². The number of hydrogen-bond acceptors (Lipinski definition) is 2. The summed E-state index contributed by atoms with van der Waals surface area (Å²) in [6, 6.07) is 0. The third-order valence-electron chi connectivity index (χ3n) is 6.63. The van der Waals surface area contributed by atoms with E-state index in [1.807, 2.05) is 0 Å². The van der Waals surface area contributed by atoms with E-state index >= 15 is 0 Å². The summed E-state index contributed by atoms with van der Waals surface area (Å²) in [5, 5.41) is 0. The molecule has 0 amide bonds. The zero-order chi connectivity index (χ0) is 23.8. The van der Waals surface area contributed by atoms with E-state index < -0.39 is 8.56 Å². The summed E-state index contributed by atoms with van der Waals surface area (Å²) < 4.78 is 12.2. The lowest BCUT2D eigenvalue weighted by molar-refractivity contribution is 0.123. The summed E-state index contributed by atoms with van der Waals surface area (Å²) in [5.74, 6) is 0. The lowest BCUT2D eigenvalue weighted by atomic mass is 10.0. The maximum Gasteiger partial charge on any atom is 0.331 e. The quantitative estimate of drug-likeness (QED) is 0.0924. The molecule has 0 aromatic rings.